The average Bonchev–Trinajstić information content (AvgIpc) is 3.81. The van der Waals surface area contributed by atoms with Crippen LogP contribution in [0.1, 0.15) is 31.2 Å². The van der Waals surface area contributed by atoms with Gasteiger partial charge in [-0.2, -0.15) is 16.3 Å². The molecule has 3 atom stereocenters. The van der Waals surface area contributed by atoms with Crippen LogP contribution in [0.2, 0.25) is 0 Å². The third-order valence-electron chi connectivity index (χ3n) is 9.29. The van der Waals surface area contributed by atoms with Crippen molar-refractivity contribution in [1.82, 2.24) is 16.0 Å². The highest BCUT2D eigenvalue weighted by atomic mass is 32.2. The molecule has 48 heavy (non-hydrogen) atoms. The van der Waals surface area contributed by atoms with Crippen molar-refractivity contribution in [2.45, 2.75) is 56.0 Å². The van der Waals surface area contributed by atoms with Crippen molar-refractivity contribution in [2.24, 2.45) is 0 Å². The summed E-state index contributed by atoms with van der Waals surface area (Å²) in [5.74, 6) is 3.98. The fraction of sp³-hybridized carbons (Fsp3) is 0.514. The van der Waals surface area contributed by atoms with Gasteiger partial charge >= 0.3 is 6.03 Å². The second-order valence-electron chi connectivity index (χ2n) is 12.4. The smallest absolute Gasteiger partial charge is 0.315 e. The van der Waals surface area contributed by atoms with Crippen LogP contribution in [-0.4, -0.2) is 88.5 Å². The molecule has 0 bridgehead atoms. The Morgan fingerprint density at radius 1 is 1.04 bits per heavy atom. The minimum atomic E-state index is -0.0590. The minimum absolute atomic E-state index is 0.0428. The van der Waals surface area contributed by atoms with Crippen LogP contribution in [0, 0.1) is 0 Å². The van der Waals surface area contributed by atoms with Gasteiger partial charge in [0.25, 0.3) is 0 Å². The maximum absolute atomic E-state index is 12.2. The Kier molecular flexibility index (Phi) is 10.2. The molecule has 12 nitrogen and oxygen atoms in total. The van der Waals surface area contributed by atoms with Gasteiger partial charge in [0.05, 0.1) is 56.6 Å². The minimum Gasteiger partial charge on any atom is -0.492 e. The number of methoxy groups -OCH3 is 1. The molecule has 0 saturated carbocycles. The second-order valence-corrected chi connectivity index (χ2v) is 13.6. The van der Waals surface area contributed by atoms with E-state index < -0.39 is 0 Å². The lowest BCUT2D eigenvalue weighted by Gasteiger charge is -2.17. The van der Waals surface area contributed by atoms with Gasteiger partial charge in [-0.25, -0.2) is 4.79 Å². The van der Waals surface area contributed by atoms with Crippen LogP contribution in [0.5, 0.6) is 23.0 Å². The fourth-order valence-electron chi connectivity index (χ4n) is 6.88. The Morgan fingerprint density at radius 2 is 1.88 bits per heavy atom. The van der Waals surface area contributed by atoms with E-state index in [2.05, 4.69) is 51.0 Å². The van der Waals surface area contributed by atoms with Crippen molar-refractivity contribution < 1.29 is 42.6 Å². The van der Waals surface area contributed by atoms with Gasteiger partial charge in [0, 0.05) is 36.5 Å². The number of carbonyl (C=O) groups is 2. The average molecular weight is 680 g/mol. The summed E-state index contributed by atoms with van der Waals surface area (Å²) in [5, 5.41) is 11.4. The van der Waals surface area contributed by atoms with E-state index in [1.807, 2.05) is 17.8 Å². The first-order valence-electron chi connectivity index (χ1n) is 16.8. The molecule has 0 aliphatic carbocycles. The molecule has 4 aliphatic heterocycles. The molecule has 7 rings (SSSR count). The maximum Gasteiger partial charge on any atom is 0.315 e. The topological polar surface area (TPSA) is 129 Å². The van der Waals surface area contributed by atoms with Gasteiger partial charge in [-0.3, -0.25) is 4.79 Å². The summed E-state index contributed by atoms with van der Waals surface area (Å²) < 4.78 is 36.6. The molecule has 5 heterocycles. The van der Waals surface area contributed by atoms with E-state index in [9.17, 15) is 9.59 Å². The molecule has 256 valence electrons. The first-order valence-corrected chi connectivity index (χ1v) is 17.8. The van der Waals surface area contributed by atoms with E-state index >= 15 is 0 Å². The SMILES string of the molecule is COc1c(OCCOCCOCCNC(=O)CCCC[C@@H]2SC[C@@H]3NC(=O)N[C@@H]32)ccc2cc3[n+](cc12)CCc1cc2c(cc1-3)OCO2. The van der Waals surface area contributed by atoms with Gasteiger partial charge < -0.3 is 44.4 Å². The number of hydrogen-bond acceptors (Lipinski definition) is 9. The number of pyridine rings is 1. The highest BCUT2D eigenvalue weighted by Gasteiger charge is 2.42. The van der Waals surface area contributed by atoms with Gasteiger partial charge in [0.1, 0.15) is 6.61 Å². The summed E-state index contributed by atoms with van der Waals surface area (Å²) in [6.45, 7) is 3.70. The summed E-state index contributed by atoms with van der Waals surface area (Å²) in [6, 6.07) is 10.8. The zero-order valence-corrected chi connectivity index (χ0v) is 28.0. The highest BCUT2D eigenvalue weighted by Crippen LogP contribution is 2.41. The van der Waals surface area contributed by atoms with Gasteiger partial charge in [-0.1, -0.05) is 6.42 Å². The second kappa shape index (κ2) is 15.1. The normalized spacial score (nSPS) is 20.1. The zero-order valence-electron chi connectivity index (χ0n) is 27.2. The summed E-state index contributed by atoms with van der Waals surface area (Å²) >= 11 is 1.91. The molecule has 1 aromatic heterocycles. The lowest BCUT2D eigenvalue weighted by molar-refractivity contribution is -0.686. The molecule has 3 N–H and O–H groups in total. The molecule has 3 amide bonds. The Morgan fingerprint density at radius 3 is 2.75 bits per heavy atom. The third kappa shape index (κ3) is 7.23. The van der Waals surface area contributed by atoms with E-state index in [4.69, 9.17) is 28.4 Å². The van der Waals surface area contributed by atoms with Crippen LogP contribution in [0.4, 0.5) is 4.79 Å². The van der Waals surface area contributed by atoms with Gasteiger partial charge in [-0.15, -0.1) is 0 Å². The number of urea groups is 1. The Labute approximate surface area is 284 Å². The molecule has 13 heteroatoms. The summed E-state index contributed by atoms with van der Waals surface area (Å²) in [7, 11) is 1.67. The number of thioether (sulfide) groups is 1. The number of aromatic nitrogens is 1. The predicted molar refractivity (Wildman–Crippen MR) is 180 cm³/mol. The highest BCUT2D eigenvalue weighted by molar-refractivity contribution is 8.00. The van der Waals surface area contributed by atoms with Crippen LogP contribution in [0.3, 0.4) is 0 Å². The van der Waals surface area contributed by atoms with Crippen molar-refractivity contribution in [1.29, 1.82) is 0 Å². The Balaban J connectivity index is 0.775. The number of rotatable bonds is 16. The Hall–Kier alpha value is -3.94. The largest absolute Gasteiger partial charge is 0.492 e. The molecule has 2 fully saturated rings. The summed E-state index contributed by atoms with van der Waals surface area (Å²) in [5.41, 5.74) is 3.56. The van der Waals surface area contributed by atoms with E-state index in [-0.39, 0.29) is 30.8 Å². The van der Waals surface area contributed by atoms with Crippen LogP contribution < -0.4 is 39.5 Å². The van der Waals surface area contributed by atoms with Gasteiger partial charge in [0.15, 0.2) is 35.7 Å². The Bertz CT molecular complexity index is 1650. The van der Waals surface area contributed by atoms with Crippen molar-refractivity contribution in [2.75, 3.05) is 59.2 Å². The number of carbonyl (C=O) groups excluding carboxylic acids is 2. The summed E-state index contributed by atoms with van der Waals surface area (Å²) in [4.78, 5) is 23.7. The van der Waals surface area contributed by atoms with Gasteiger partial charge in [0.2, 0.25) is 18.4 Å². The molecule has 4 aliphatic rings. The van der Waals surface area contributed by atoms with E-state index in [0.29, 0.717) is 62.7 Å². The molecule has 0 radical (unpaired) electrons. The molecular weight excluding hydrogens is 636 g/mol. The molecule has 0 unspecified atom stereocenters. The predicted octanol–water partition coefficient (Wildman–Crippen LogP) is 3.34. The molecular formula is C35H43N4O8S+. The van der Waals surface area contributed by atoms with Crippen molar-refractivity contribution in [3.63, 3.8) is 0 Å². The van der Waals surface area contributed by atoms with Gasteiger partial charge in [-0.05, 0) is 48.1 Å². The number of ether oxygens (including phenoxy) is 6. The fourth-order valence-corrected chi connectivity index (χ4v) is 8.42. The van der Waals surface area contributed by atoms with Crippen LogP contribution in [0.15, 0.2) is 36.5 Å². The lowest BCUT2D eigenvalue weighted by Crippen LogP contribution is -2.40. The number of hydrogen-bond donors (Lipinski definition) is 3. The number of benzene rings is 2. The zero-order chi connectivity index (χ0) is 32.9. The van der Waals surface area contributed by atoms with Crippen molar-refractivity contribution in [3.05, 3.63) is 42.1 Å². The molecule has 2 saturated heterocycles. The standard InChI is InChI=1S/C35H42N4O8S/c1-42-34-25-19-39-10-8-23-17-29-30(47-21-46-29)18-24(23)27(39)16-22(25)6-7-28(34)45-15-14-44-13-12-43-11-9-36-32(40)5-3-2-4-31-33-26(20-48-31)37-35(41)38-33/h6-7,16-19,26,31,33H,2-5,8-15,20-21H2,1H3,(H2-,36,37,38,40,41)/p+1/t26-,31-,33-/m0/s1. The molecule has 2 aromatic carbocycles. The number of fused-ring (bicyclic) bond motifs is 6. The first-order chi connectivity index (χ1) is 23.6. The van der Waals surface area contributed by atoms with Crippen LogP contribution in [-0.2, 0) is 27.2 Å². The third-order valence-corrected chi connectivity index (χ3v) is 10.8. The number of aryl methyl sites for hydroxylation is 2. The first kappa shape index (κ1) is 32.6. The van der Waals surface area contributed by atoms with E-state index in [0.717, 1.165) is 71.5 Å². The maximum atomic E-state index is 12.2. The summed E-state index contributed by atoms with van der Waals surface area (Å²) in [6.07, 6.45) is 6.38. The van der Waals surface area contributed by atoms with Crippen molar-refractivity contribution >= 4 is 34.5 Å². The van der Waals surface area contributed by atoms with Crippen LogP contribution in [0.25, 0.3) is 22.0 Å². The molecule has 3 aromatic rings. The van der Waals surface area contributed by atoms with E-state index in [1.54, 1.807) is 7.11 Å². The quantitative estimate of drug-likeness (QED) is 0.119. The monoisotopic (exact) mass is 679 g/mol. The lowest BCUT2D eigenvalue weighted by atomic mass is 9.95. The van der Waals surface area contributed by atoms with E-state index in [1.165, 1.54) is 5.56 Å². The number of nitrogens with zero attached hydrogens (tertiary/aromatic N) is 1. The molecule has 0 spiro atoms. The van der Waals surface area contributed by atoms with Crippen LogP contribution >= 0.6 is 11.8 Å². The number of amides is 3. The number of unbranched alkanes of at least 4 members (excludes halogenated alkanes) is 1. The number of nitrogens with one attached hydrogen (secondary N) is 3. The van der Waals surface area contributed by atoms with Crippen molar-refractivity contribution in [3.8, 4) is 34.3 Å².